The largest absolute Gasteiger partial charge is 0.481 e. The van der Waals surface area contributed by atoms with Gasteiger partial charge in [-0.3, -0.25) is 9.59 Å². The number of nitrogens with one attached hydrogen (secondary N) is 1. The van der Waals surface area contributed by atoms with Gasteiger partial charge in [-0.25, -0.2) is 0 Å². The molecule has 0 rings (SSSR count). The Morgan fingerprint density at radius 1 is 1.40 bits per heavy atom. The first kappa shape index (κ1) is 13.9. The molecular formula is C10H20N2O3. The summed E-state index contributed by atoms with van der Waals surface area (Å²) >= 11 is 0. The molecule has 0 aliphatic heterocycles. The zero-order valence-electron chi connectivity index (χ0n) is 9.49. The van der Waals surface area contributed by atoms with Crippen molar-refractivity contribution in [2.75, 3.05) is 0 Å². The first-order valence-electron chi connectivity index (χ1n) is 5.16. The average Bonchev–Trinajstić information content (AvgIpc) is 2.11. The highest BCUT2D eigenvalue weighted by Crippen LogP contribution is 2.05. The number of carboxylic acid groups (broad SMARTS) is 1. The van der Waals surface area contributed by atoms with Gasteiger partial charge in [-0.1, -0.05) is 20.8 Å². The first-order valence-corrected chi connectivity index (χ1v) is 5.16. The normalized spacial score (nSPS) is 14.7. The summed E-state index contributed by atoms with van der Waals surface area (Å²) in [6.07, 6.45) is 0.476. The Labute approximate surface area is 90.0 Å². The fourth-order valence-electron chi connectivity index (χ4n) is 1.31. The maximum atomic E-state index is 11.5. The van der Waals surface area contributed by atoms with Gasteiger partial charge in [-0.15, -0.1) is 0 Å². The van der Waals surface area contributed by atoms with Crippen LogP contribution in [0.3, 0.4) is 0 Å². The van der Waals surface area contributed by atoms with E-state index in [1.807, 2.05) is 20.8 Å². The van der Waals surface area contributed by atoms with E-state index in [-0.39, 0.29) is 12.5 Å². The number of carbonyl (C=O) groups is 2. The van der Waals surface area contributed by atoms with Crippen molar-refractivity contribution in [3.63, 3.8) is 0 Å². The molecule has 4 N–H and O–H groups in total. The van der Waals surface area contributed by atoms with Crippen LogP contribution in [0, 0.1) is 5.92 Å². The van der Waals surface area contributed by atoms with E-state index in [1.165, 1.54) is 0 Å². The summed E-state index contributed by atoms with van der Waals surface area (Å²) in [6, 6.07) is -0.910. The van der Waals surface area contributed by atoms with Gasteiger partial charge in [0.15, 0.2) is 0 Å². The number of aliphatic carboxylic acids is 1. The lowest BCUT2D eigenvalue weighted by Crippen LogP contribution is -2.47. The van der Waals surface area contributed by atoms with Crippen LogP contribution < -0.4 is 11.1 Å². The van der Waals surface area contributed by atoms with E-state index < -0.39 is 17.9 Å². The highest BCUT2D eigenvalue weighted by atomic mass is 16.4. The summed E-state index contributed by atoms with van der Waals surface area (Å²) in [5.74, 6) is -1.14. The summed E-state index contributed by atoms with van der Waals surface area (Å²) in [6.45, 7) is 5.96. The van der Waals surface area contributed by atoms with Crippen molar-refractivity contribution >= 4 is 11.9 Å². The Bertz CT molecular complexity index is 229. The topological polar surface area (TPSA) is 92.4 Å². The number of hydrogen-bond donors (Lipinski definition) is 3. The summed E-state index contributed by atoms with van der Waals surface area (Å²) in [5.41, 5.74) is 5.43. The van der Waals surface area contributed by atoms with Gasteiger partial charge in [-0.2, -0.15) is 0 Å². The Kier molecular flexibility index (Phi) is 5.93. The van der Waals surface area contributed by atoms with Crippen molar-refractivity contribution in [3.05, 3.63) is 0 Å². The van der Waals surface area contributed by atoms with Gasteiger partial charge in [0.05, 0.1) is 12.5 Å². The second kappa shape index (κ2) is 6.40. The quantitative estimate of drug-likeness (QED) is 0.597. The second-order valence-corrected chi connectivity index (χ2v) is 3.97. The second-order valence-electron chi connectivity index (χ2n) is 3.97. The van der Waals surface area contributed by atoms with Crippen molar-refractivity contribution in [3.8, 4) is 0 Å². The third kappa shape index (κ3) is 5.37. The molecule has 0 aromatic carbocycles. The lowest BCUT2D eigenvalue weighted by Gasteiger charge is -2.22. The molecule has 1 amide bonds. The van der Waals surface area contributed by atoms with Gasteiger partial charge in [0.25, 0.3) is 0 Å². The van der Waals surface area contributed by atoms with Crippen LogP contribution in [0.4, 0.5) is 0 Å². The fraction of sp³-hybridized carbons (Fsp3) is 0.800. The number of hydrogen-bond acceptors (Lipinski definition) is 3. The zero-order valence-corrected chi connectivity index (χ0v) is 9.49. The summed E-state index contributed by atoms with van der Waals surface area (Å²) in [4.78, 5) is 21.8. The van der Waals surface area contributed by atoms with E-state index >= 15 is 0 Å². The van der Waals surface area contributed by atoms with Gasteiger partial charge >= 0.3 is 5.97 Å². The molecule has 0 bridgehead atoms. The minimum Gasteiger partial charge on any atom is -0.481 e. The van der Waals surface area contributed by atoms with Crippen LogP contribution in [0.15, 0.2) is 0 Å². The first-order chi connectivity index (χ1) is 6.88. The van der Waals surface area contributed by atoms with E-state index in [2.05, 4.69) is 5.32 Å². The standard InChI is InChI=1S/C10H20N2O3/c1-4-8(6(2)3)12-10(15)7(11)5-9(13)14/h6-8H,4-5,11H2,1-3H3,(H,12,15)(H,13,14). The Balaban J connectivity index is 4.15. The molecule has 88 valence electrons. The summed E-state index contributed by atoms with van der Waals surface area (Å²) in [5, 5.41) is 11.2. The zero-order chi connectivity index (χ0) is 12.0. The van der Waals surface area contributed by atoms with Gasteiger partial charge in [-0.05, 0) is 12.3 Å². The van der Waals surface area contributed by atoms with Gasteiger partial charge < -0.3 is 16.2 Å². The van der Waals surface area contributed by atoms with Crippen LogP contribution in [0.1, 0.15) is 33.6 Å². The number of rotatable bonds is 6. The molecule has 15 heavy (non-hydrogen) atoms. The highest BCUT2D eigenvalue weighted by molar-refractivity contribution is 5.86. The Morgan fingerprint density at radius 2 is 1.93 bits per heavy atom. The lowest BCUT2D eigenvalue weighted by molar-refractivity contribution is -0.139. The number of carboxylic acids is 1. The van der Waals surface area contributed by atoms with Gasteiger partial charge in [0.1, 0.15) is 0 Å². The van der Waals surface area contributed by atoms with Crippen LogP contribution in [-0.4, -0.2) is 29.1 Å². The summed E-state index contributed by atoms with van der Waals surface area (Å²) < 4.78 is 0. The maximum Gasteiger partial charge on any atom is 0.305 e. The molecule has 0 aliphatic rings. The molecule has 0 radical (unpaired) electrons. The van der Waals surface area contributed by atoms with Crippen LogP contribution >= 0.6 is 0 Å². The Morgan fingerprint density at radius 3 is 2.27 bits per heavy atom. The molecule has 0 saturated carbocycles. The number of carbonyl (C=O) groups excluding carboxylic acids is 1. The minimum atomic E-state index is -1.06. The van der Waals surface area contributed by atoms with E-state index in [9.17, 15) is 9.59 Å². The van der Waals surface area contributed by atoms with E-state index in [1.54, 1.807) is 0 Å². The molecule has 2 atom stereocenters. The number of nitrogens with two attached hydrogens (primary N) is 1. The maximum absolute atomic E-state index is 11.5. The van der Waals surface area contributed by atoms with E-state index in [0.29, 0.717) is 5.92 Å². The molecule has 2 unspecified atom stereocenters. The third-order valence-corrected chi connectivity index (χ3v) is 2.30. The van der Waals surface area contributed by atoms with Crippen LogP contribution in [-0.2, 0) is 9.59 Å². The molecular weight excluding hydrogens is 196 g/mol. The van der Waals surface area contributed by atoms with Gasteiger partial charge in [0.2, 0.25) is 5.91 Å². The van der Waals surface area contributed by atoms with Crippen LogP contribution in [0.2, 0.25) is 0 Å². The third-order valence-electron chi connectivity index (χ3n) is 2.30. The monoisotopic (exact) mass is 216 g/mol. The average molecular weight is 216 g/mol. The lowest BCUT2D eigenvalue weighted by atomic mass is 10.0. The van der Waals surface area contributed by atoms with Crippen molar-refractivity contribution in [2.45, 2.75) is 45.7 Å². The Hall–Kier alpha value is -1.10. The summed E-state index contributed by atoms with van der Waals surface area (Å²) in [7, 11) is 0. The molecule has 0 aromatic rings. The number of amides is 1. The van der Waals surface area contributed by atoms with Crippen molar-refractivity contribution in [1.82, 2.24) is 5.32 Å². The van der Waals surface area contributed by atoms with Crippen LogP contribution in [0.5, 0.6) is 0 Å². The van der Waals surface area contributed by atoms with Crippen molar-refractivity contribution in [1.29, 1.82) is 0 Å². The molecule has 0 aromatic heterocycles. The van der Waals surface area contributed by atoms with Crippen LogP contribution in [0.25, 0.3) is 0 Å². The predicted molar refractivity (Wildman–Crippen MR) is 57.3 cm³/mol. The minimum absolute atomic E-state index is 0.0531. The SMILES string of the molecule is CCC(NC(=O)C(N)CC(=O)O)C(C)C. The highest BCUT2D eigenvalue weighted by Gasteiger charge is 2.20. The van der Waals surface area contributed by atoms with Crippen molar-refractivity contribution in [2.24, 2.45) is 11.7 Å². The molecule has 0 fully saturated rings. The van der Waals surface area contributed by atoms with E-state index in [0.717, 1.165) is 6.42 Å². The molecule has 0 spiro atoms. The van der Waals surface area contributed by atoms with Gasteiger partial charge in [0, 0.05) is 6.04 Å². The predicted octanol–water partition coefficient (Wildman–Crippen LogP) is 0.339. The molecule has 0 saturated heterocycles. The van der Waals surface area contributed by atoms with Crippen molar-refractivity contribution < 1.29 is 14.7 Å². The fourth-order valence-corrected chi connectivity index (χ4v) is 1.31. The molecule has 0 heterocycles. The smallest absolute Gasteiger partial charge is 0.305 e. The van der Waals surface area contributed by atoms with E-state index in [4.69, 9.17) is 10.8 Å². The molecule has 0 aliphatic carbocycles. The molecule has 5 heteroatoms. The molecule has 5 nitrogen and oxygen atoms in total.